The maximum Gasteiger partial charge on any atom is 0.0561 e. The van der Waals surface area contributed by atoms with E-state index in [0.29, 0.717) is 0 Å². The summed E-state index contributed by atoms with van der Waals surface area (Å²) in [7, 11) is -0.651. The van der Waals surface area contributed by atoms with E-state index in [1.54, 1.807) is 0 Å². The third kappa shape index (κ3) is 3.52. The van der Waals surface area contributed by atoms with Gasteiger partial charge in [-0.3, -0.25) is 0 Å². The fourth-order valence-corrected chi connectivity index (χ4v) is 10.2. The van der Waals surface area contributed by atoms with Crippen LogP contribution in [0.5, 0.6) is 0 Å². The van der Waals surface area contributed by atoms with Gasteiger partial charge in [0.2, 0.25) is 0 Å². The summed E-state index contributed by atoms with van der Waals surface area (Å²) in [6.07, 6.45) is 0. The van der Waals surface area contributed by atoms with E-state index in [1.165, 1.54) is 81.3 Å². The van der Waals surface area contributed by atoms with E-state index < -0.39 is 7.53 Å². The van der Waals surface area contributed by atoms with Crippen molar-refractivity contribution in [2.45, 2.75) is 0 Å². The predicted octanol–water partition coefficient (Wildman–Crippen LogP) is 12.2. The predicted molar refractivity (Wildman–Crippen MR) is 194 cm³/mol. The van der Waals surface area contributed by atoms with Crippen LogP contribution < -0.4 is 0 Å². The standard InChI is InChI=1S/C42H27N2P/c1-3-13-28(14-4-1)43-37-20-10-7-17-31(37)33-24-23-29(25-39(33)43)44-38-21-11-8-18-32(38)35-26-36-34-19-9-12-22-41(34)45(42(36)27-40(35)44)30-15-5-2-6-16-30/h1-27H. The molecule has 1 unspecified atom stereocenters. The number of hydrogen-bond donors (Lipinski definition) is 0. The smallest absolute Gasteiger partial charge is 0.0561 e. The maximum absolute atomic E-state index is 2.50. The van der Waals surface area contributed by atoms with E-state index in [1.807, 2.05) is 0 Å². The molecule has 0 aliphatic heterocycles. The van der Waals surface area contributed by atoms with E-state index in [0.717, 1.165) is 0 Å². The number of benzene rings is 7. The first-order valence-corrected chi connectivity index (χ1v) is 16.8. The summed E-state index contributed by atoms with van der Waals surface area (Å²) in [5, 5.41) is 12.1. The first kappa shape index (κ1) is 24.8. The van der Waals surface area contributed by atoms with Crippen LogP contribution in [0.4, 0.5) is 0 Å². The highest BCUT2D eigenvalue weighted by molar-refractivity contribution is 7.67. The summed E-state index contributed by atoms with van der Waals surface area (Å²) >= 11 is 0. The zero-order valence-corrected chi connectivity index (χ0v) is 25.3. The van der Waals surface area contributed by atoms with Crippen LogP contribution in [-0.2, 0) is 0 Å². The molecule has 0 aliphatic rings. The molecular formula is C42H27N2P. The summed E-state index contributed by atoms with van der Waals surface area (Å²) < 4.78 is 4.89. The van der Waals surface area contributed by atoms with Crippen molar-refractivity contribution < 1.29 is 0 Å². The molecule has 0 radical (unpaired) electrons. The van der Waals surface area contributed by atoms with Gasteiger partial charge in [0.05, 0.1) is 22.1 Å². The van der Waals surface area contributed by atoms with Gasteiger partial charge in [0.25, 0.3) is 0 Å². The molecule has 10 rings (SSSR count). The van der Waals surface area contributed by atoms with E-state index in [4.69, 9.17) is 0 Å². The molecule has 2 nitrogen and oxygen atoms in total. The van der Waals surface area contributed by atoms with Crippen LogP contribution in [0.15, 0.2) is 164 Å². The zero-order chi connectivity index (χ0) is 29.5. The van der Waals surface area contributed by atoms with Gasteiger partial charge in [-0.05, 0) is 64.6 Å². The molecule has 0 fully saturated rings. The lowest BCUT2D eigenvalue weighted by Gasteiger charge is -2.11. The Balaban J connectivity index is 1.34. The van der Waals surface area contributed by atoms with Crippen molar-refractivity contribution in [2.75, 3.05) is 0 Å². The van der Waals surface area contributed by atoms with Crippen LogP contribution in [0.1, 0.15) is 0 Å². The van der Waals surface area contributed by atoms with E-state index >= 15 is 0 Å². The maximum atomic E-state index is 2.50. The lowest BCUT2D eigenvalue weighted by atomic mass is 10.1. The molecule has 45 heavy (non-hydrogen) atoms. The van der Waals surface area contributed by atoms with Gasteiger partial charge in [-0.25, -0.2) is 0 Å². The molecule has 210 valence electrons. The van der Waals surface area contributed by atoms with Crippen LogP contribution in [0.3, 0.4) is 0 Å². The highest BCUT2D eigenvalue weighted by atomic mass is 31.1. The largest absolute Gasteiger partial charge is 0.309 e. The van der Waals surface area contributed by atoms with Crippen molar-refractivity contribution in [1.82, 2.24) is 9.13 Å². The van der Waals surface area contributed by atoms with Gasteiger partial charge in [-0.15, -0.1) is 0 Å². The fourth-order valence-electron chi connectivity index (χ4n) is 7.52. The summed E-state index contributed by atoms with van der Waals surface area (Å²) in [6, 6.07) is 60.4. The Kier molecular flexibility index (Phi) is 5.23. The van der Waals surface area contributed by atoms with Gasteiger partial charge in [0.15, 0.2) is 0 Å². The second-order valence-corrected chi connectivity index (χ2v) is 14.0. The minimum absolute atomic E-state index is 0.651. The molecule has 0 saturated heterocycles. The van der Waals surface area contributed by atoms with Crippen LogP contribution >= 0.6 is 7.53 Å². The van der Waals surface area contributed by atoms with E-state index in [9.17, 15) is 0 Å². The Morgan fingerprint density at radius 2 is 0.867 bits per heavy atom. The third-order valence-electron chi connectivity index (χ3n) is 9.41. The summed E-state index contributed by atoms with van der Waals surface area (Å²) in [5.41, 5.74) is 7.27. The van der Waals surface area contributed by atoms with Gasteiger partial charge < -0.3 is 9.13 Å². The number of para-hydroxylation sites is 3. The molecule has 0 bridgehead atoms. The van der Waals surface area contributed by atoms with Crippen LogP contribution in [0, 0.1) is 0 Å². The second-order valence-electron chi connectivity index (χ2n) is 11.8. The number of rotatable bonds is 3. The minimum atomic E-state index is -0.651. The molecule has 0 aliphatic carbocycles. The van der Waals surface area contributed by atoms with E-state index in [2.05, 4.69) is 173 Å². The average molecular weight is 591 g/mol. The van der Waals surface area contributed by atoms with Crippen molar-refractivity contribution in [3.05, 3.63) is 164 Å². The van der Waals surface area contributed by atoms with Gasteiger partial charge in [0, 0.05) is 43.2 Å². The Bertz CT molecular complexity index is 2740. The van der Waals surface area contributed by atoms with Gasteiger partial charge in [0.1, 0.15) is 0 Å². The van der Waals surface area contributed by atoms with Gasteiger partial charge >= 0.3 is 0 Å². The first-order valence-electron chi connectivity index (χ1n) is 15.5. The summed E-state index contributed by atoms with van der Waals surface area (Å²) in [4.78, 5) is 0. The molecule has 0 N–H and O–H groups in total. The Hall–Kier alpha value is -5.56. The normalized spacial score (nSPS) is 12.4. The Morgan fingerprint density at radius 1 is 0.311 bits per heavy atom. The quantitative estimate of drug-likeness (QED) is 0.194. The molecule has 7 aromatic carbocycles. The topological polar surface area (TPSA) is 9.86 Å². The van der Waals surface area contributed by atoms with Crippen molar-refractivity contribution in [3.63, 3.8) is 0 Å². The van der Waals surface area contributed by atoms with Crippen molar-refractivity contribution >= 4 is 72.2 Å². The molecule has 10 aromatic rings. The molecule has 0 saturated carbocycles. The summed E-state index contributed by atoms with van der Waals surface area (Å²) in [5.74, 6) is 0. The molecule has 0 amide bonds. The fraction of sp³-hybridized carbons (Fsp3) is 0. The van der Waals surface area contributed by atoms with Gasteiger partial charge in [-0.2, -0.15) is 0 Å². The molecule has 3 aromatic heterocycles. The highest BCUT2D eigenvalue weighted by Crippen LogP contribution is 2.56. The molecule has 0 spiro atoms. The van der Waals surface area contributed by atoms with Crippen molar-refractivity contribution in [1.29, 1.82) is 0 Å². The molecular weight excluding hydrogens is 563 g/mol. The van der Waals surface area contributed by atoms with Crippen LogP contribution in [-0.4, -0.2) is 9.13 Å². The Labute approximate surface area is 261 Å². The molecule has 1 atom stereocenters. The first-order chi connectivity index (χ1) is 22.3. The second kappa shape index (κ2) is 9.47. The van der Waals surface area contributed by atoms with E-state index in [-0.39, 0.29) is 0 Å². The monoisotopic (exact) mass is 590 g/mol. The number of aromatic nitrogens is 2. The van der Waals surface area contributed by atoms with Gasteiger partial charge in [-0.1, -0.05) is 123 Å². The lowest BCUT2D eigenvalue weighted by molar-refractivity contribution is 1.16. The number of fused-ring (bicyclic) bond motifs is 9. The Morgan fingerprint density at radius 3 is 1.62 bits per heavy atom. The highest BCUT2D eigenvalue weighted by Gasteiger charge is 2.20. The number of nitrogens with zero attached hydrogens (tertiary/aromatic N) is 2. The van der Waals surface area contributed by atoms with Crippen molar-refractivity contribution in [2.24, 2.45) is 0 Å². The summed E-state index contributed by atoms with van der Waals surface area (Å²) in [6.45, 7) is 0. The molecule has 3 heteroatoms. The zero-order valence-electron chi connectivity index (χ0n) is 24.4. The SMILES string of the molecule is c1ccc(-n2c3ccccc3c3ccc(-n4c5ccccc5c5cc6c7ccccc7p(-c7ccccc7)c6cc54)cc32)cc1. The minimum Gasteiger partial charge on any atom is -0.309 e. The number of hydrogen-bond acceptors (Lipinski definition) is 0. The molecule has 3 heterocycles. The van der Waals surface area contributed by atoms with Crippen molar-refractivity contribution in [3.8, 4) is 16.7 Å². The average Bonchev–Trinajstić information content (AvgIpc) is 3.73. The lowest BCUT2D eigenvalue weighted by Crippen LogP contribution is -1.96. The third-order valence-corrected chi connectivity index (χ3v) is 11.9. The van der Waals surface area contributed by atoms with Crippen LogP contribution in [0.25, 0.3) is 81.3 Å². The van der Waals surface area contributed by atoms with Crippen LogP contribution in [0.2, 0.25) is 0 Å².